The molecule has 0 aliphatic heterocycles. The van der Waals surface area contributed by atoms with Gasteiger partial charge in [-0.25, -0.2) is 9.97 Å². The molecule has 0 aliphatic carbocycles. The summed E-state index contributed by atoms with van der Waals surface area (Å²) < 4.78 is 39.3. The second kappa shape index (κ2) is 5.02. The lowest BCUT2D eigenvalue weighted by molar-refractivity contribution is -0.137. The zero-order valence-electron chi connectivity index (χ0n) is 12.0. The number of hydrogen-bond acceptors (Lipinski definition) is 3. The predicted octanol–water partition coefficient (Wildman–Crippen LogP) is 4.04. The van der Waals surface area contributed by atoms with Crippen LogP contribution in [0.25, 0.3) is 11.3 Å². The topological polar surface area (TPSA) is 51.8 Å². The maximum absolute atomic E-state index is 13.1. The third-order valence-corrected chi connectivity index (χ3v) is 3.02. The van der Waals surface area contributed by atoms with Crippen molar-refractivity contribution in [1.29, 1.82) is 0 Å². The standard InChI is InChI=1S/C15H16F3N3/c1-14(2,3)12-8-11(20-13(19)21-12)9-6-4-5-7-10(9)15(16,17)18/h4-8H,1-3H3,(H2,19,20,21). The van der Waals surface area contributed by atoms with Gasteiger partial charge in [0, 0.05) is 11.0 Å². The zero-order chi connectivity index (χ0) is 15.8. The van der Waals surface area contributed by atoms with Gasteiger partial charge in [-0.1, -0.05) is 39.0 Å². The highest BCUT2D eigenvalue weighted by Gasteiger charge is 2.34. The lowest BCUT2D eigenvalue weighted by Crippen LogP contribution is -2.16. The van der Waals surface area contributed by atoms with E-state index >= 15 is 0 Å². The molecule has 2 aromatic rings. The minimum Gasteiger partial charge on any atom is -0.368 e. The van der Waals surface area contributed by atoms with Gasteiger partial charge >= 0.3 is 6.18 Å². The van der Waals surface area contributed by atoms with Crippen molar-refractivity contribution in [3.05, 3.63) is 41.6 Å². The Morgan fingerprint density at radius 2 is 1.62 bits per heavy atom. The number of nitrogens with zero attached hydrogens (tertiary/aromatic N) is 2. The third kappa shape index (κ3) is 3.32. The van der Waals surface area contributed by atoms with E-state index in [1.165, 1.54) is 12.1 Å². The fourth-order valence-corrected chi connectivity index (χ4v) is 1.94. The van der Waals surface area contributed by atoms with Gasteiger partial charge in [-0.2, -0.15) is 13.2 Å². The molecule has 0 bridgehead atoms. The summed E-state index contributed by atoms with van der Waals surface area (Å²) in [6, 6.07) is 6.86. The first-order valence-electron chi connectivity index (χ1n) is 6.40. The van der Waals surface area contributed by atoms with Crippen molar-refractivity contribution in [2.45, 2.75) is 32.4 Å². The average molecular weight is 295 g/mol. The van der Waals surface area contributed by atoms with Crippen LogP contribution in [0.4, 0.5) is 19.1 Å². The molecule has 1 heterocycles. The van der Waals surface area contributed by atoms with Gasteiger partial charge in [-0.15, -0.1) is 0 Å². The Morgan fingerprint density at radius 3 is 2.19 bits per heavy atom. The SMILES string of the molecule is CC(C)(C)c1cc(-c2ccccc2C(F)(F)F)nc(N)n1. The normalized spacial score (nSPS) is 12.5. The van der Waals surface area contributed by atoms with Crippen LogP contribution in [-0.2, 0) is 11.6 Å². The van der Waals surface area contributed by atoms with E-state index in [1.54, 1.807) is 12.1 Å². The summed E-state index contributed by atoms with van der Waals surface area (Å²) in [5.41, 5.74) is 5.37. The molecule has 0 spiro atoms. The van der Waals surface area contributed by atoms with Gasteiger partial charge < -0.3 is 5.73 Å². The van der Waals surface area contributed by atoms with E-state index in [-0.39, 0.29) is 22.6 Å². The van der Waals surface area contributed by atoms with Crippen molar-refractivity contribution in [2.75, 3.05) is 5.73 Å². The summed E-state index contributed by atoms with van der Waals surface area (Å²) in [7, 11) is 0. The molecular formula is C15H16F3N3. The molecule has 1 aromatic heterocycles. The summed E-state index contributed by atoms with van der Waals surface area (Å²) in [5, 5.41) is 0. The van der Waals surface area contributed by atoms with E-state index < -0.39 is 11.7 Å². The Bertz CT molecular complexity index is 658. The highest BCUT2D eigenvalue weighted by molar-refractivity contribution is 5.65. The minimum atomic E-state index is -4.45. The molecule has 0 atom stereocenters. The van der Waals surface area contributed by atoms with Crippen LogP contribution in [-0.4, -0.2) is 9.97 Å². The molecule has 1 aromatic carbocycles. The number of nitrogens with two attached hydrogens (primary N) is 1. The molecule has 2 N–H and O–H groups in total. The zero-order valence-corrected chi connectivity index (χ0v) is 12.0. The number of halogens is 3. The molecule has 0 aliphatic rings. The Labute approximate surface area is 121 Å². The smallest absolute Gasteiger partial charge is 0.368 e. The van der Waals surface area contributed by atoms with Crippen LogP contribution in [0, 0.1) is 0 Å². The molecule has 0 saturated carbocycles. The number of nitrogen functional groups attached to an aromatic ring is 1. The van der Waals surface area contributed by atoms with E-state index in [1.807, 2.05) is 20.8 Å². The van der Waals surface area contributed by atoms with Crippen LogP contribution in [0.2, 0.25) is 0 Å². The number of aromatic nitrogens is 2. The first-order valence-corrected chi connectivity index (χ1v) is 6.40. The fraction of sp³-hybridized carbons (Fsp3) is 0.333. The molecule has 0 saturated heterocycles. The van der Waals surface area contributed by atoms with Crippen molar-refractivity contribution in [2.24, 2.45) is 0 Å². The summed E-state index contributed by atoms with van der Waals surface area (Å²) >= 11 is 0. The summed E-state index contributed by atoms with van der Waals surface area (Å²) in [6.07, 6.45) is -4.45. The number of hydrogen-bond donors (Lipinski definition) is 1. The van der Waals surface area contributed by atoms with Crippen molar-refractivity contribution < 1.29 is 13.2 Å². The molecule has 0 fully saturated rings. The molecule has 0 radical (unpaired) electrons. The van der Waals surface area contributed by atoms with Gasteiger partial charge in [0.05, 0.1) is 17.0 Å². The molecule has 0 unspecified atom stereocenters. The third-order valence-electron chi connectivity index (χ3n) is 3.02. The Morgan fingerprint density at radius 1 is 1.00 bits per heavy atom. The van der Waals surface area contributed by atoms with Crippen LogP contribution in [0.1, 0.15) is 32.0 Å². The number of rotatable bonds is 1. The van der Waals surface area contributed by atoms with Crippen molar-refractivity contribution in [3.63, 3.8) is 0 Å². The summed E-state index contributed by atoms with van der Waals surface area (Å²) in [4.78, 5) is 8.07. The number of benzene rings is 1. The highest BCUT2D eigenvalue weighted by Crippen LogP contribution is 2.37. The first-order chi connectivity index (χ1) is 9.59. The van der Waals surface area contributed by atoms with E-state index in [9.17, 15) is 13.2 Å². The lowest BCUT2D eigenvalue weighted by atomic mass is 9.90. The predicted molar refractivity (Wildman–Crippen MR) is 75.6 cm³/mol. The molecule has 21 heavy (non-hydrogen) atoms. The van der Waals surface area contributed by atoms with Crippen LogP contribution in [0.15, 0.2) is 30.3 Å². The molecule has 2 rings (SSSR count). The van der Waals surface area contributed by atoms with Gasteiger partial charge in [0.25, 0.3) is 0 Å². The summed E-state index contributed by atoms with van der Waals surface area (Å²) in [6.45, 7) is 5.73. The monoisotopic (exact) mass is 295 g/mol. The van der Waals surface area contributed by atoms with Gasteiger partial charge in [-0.05, 0) is 12.1 Å². The van der Waals surface area contributed by atoms with Crippen molar-refractivity contribution in [1.82, 2.24) is 9.97 Å². The average Bonchev–Trinajstić information content (AvgIpc) is 2.36. The van der Waals surface area contributed by atoms with Crippen LogP contribution >= 0.6 is 0 Å². The van der Waals surface area contributed by atoms with Crippen molar-refractivity contribution >= 4 is 5.95 Å². The van der Waals surface area contributed by atoms with Gasteiger partial charge in [0.15, 0.2) is 0 Å². The Balaban J connectivity index is 2.66. The maximum atomic E-state index is 13.1. The molecule has 0 amide bonds. The number of alkyl halides is 3. The lowest BCUT2D eigenvalue weighted by Gasteiger charge is -2.19. The largest absolute Gasteiger partial charge is 0.417 e. The van der Waals surface area contributed by atoms with E-state index in [0.29, 0.717) is 5.69 Å². The second-order valence-electron chi connectivity index (χ2n) is 5.79. The summed E-state index contributed by atoms with van der Waals surface area (Å²) in [5.74, 6) is -0.0330. The molecule has 3 nitrogen and oxygen atoms in total. The van der Waals surface area contributed by atoms with Gasteiger partial charge in [-0.3, -0.25) is 0 Å². The van der Waals surface area contributed by atoms with E-state index in [4.69, 9.17) is 5.73 Å². The Kier molecular flexibility index (Phi) is 3.65. The van der Waals surface area contributed by atoms with Crippen LogP contribution < -0.4 is 5.73 Å². The molecular weight excluding hydrogens is 279 g/mol. The molecule has 6 heteroatoms. The van der Waals surface area contributed by atoms with E-state index in [2.05, 4.69) is 9.97 Å². The van der Waals surface area contributed by atoms with Crippen molar-refractivity contribution in [3.8, 4) is 11.3 Å². The quantitative estimate of drug-likeness (QED) is 0.863. The minimum absolute atomic E-state index is 0.00426. The van der Waals surface area contributed by atoms with E-state index in [0.717, 1.165) is 6.07 Å². The Hall–Kier alpha value is -2.11. The fourth-order valence-electron chi connectivity index (χ4n) is 1.94. The second-order valence-corrected chi connectivity index (χ2v) is 5.79. The molecule has 112 valence electrons. The highest BCUT2D eigenvalue weighted by atomic mass is 19.4. The maximum Gasteiger partial charge on any atom is 0.417 e. The van der Waals surface area contributed by atoms with Crippen LogP contribution in [0.5, 0.6) is 0 Å². The first kappa shape index (κ1) is 15.3. The number of anilines is 1. The van der Waals surface area contributed by atoms with Gasteiger partial charge in [0.2, 0.25) is 5.95 Å². The van der Waals surface area contributed by atoms with Crippen LogP contribution in [0.3, 0.4) is 0 Å². The van der Waals surface area contributed by atoms with Gasteiger partial charge in [0.1, 0.15) is 0 Å².